The van der Waals surface area contributed by atoms with Crippen molar-refractivity contribution in [3.8, 4) is 0 Å². The molecule has 1 aliphatic rings. The molecule has 0 aromatic heterocycles. The standard InChI is InChI=1S/C23H26N2O4/c1-23(2,3)29-22(28)25-15-9-14-19(25)21(27)24-18-13-8-7-12-17(18)20(26)16-10-5-4-6-11-16/h4-8,10-13,19H,9,14-15H2,1-3H3,(H,24,27)/t19-/m1/s1. The van der Waals surface area contributed by atoms with Crippen molar-refractivity contribution < 1.29 is 19.1 Å². The third-order valence-electron chi connectivity index (χ3n) is 4.65. The second-order valence-electron chi connectivity index (χ2n) is 8.06. The van der Waals surface area contributed by atoms with Gasteiger partial charge in [-0.15, -0.1) is 0 Å². The fourth-order valence-electron chi connectivity index (χ4n) is 3.33. The van der Waals surface area contributed by atoms with Gasteiger partial charge in [0.05, 0.1) is 5.69 Å². The van der Waals surface area contributed by atoms with Crippen molar-refractivity contribution >= 4 is 23.5 Å². The molecule has 152 valence electrons. The molecule has 0 bridgehead atoms. The summed E-state index contributed by atoms with van der Waals surface area (Å²) >= 11 is 0. The molecule has 1 atom stereocenters. The van der Waals surface area contributed by atoms with E-state index in [0.29, 0.717) is 29.8 Å². The highest BCUT2D eigenvalue weighted by molar-refractivity contribution is 6.14. The first-order valence-electron chi connectivity index (χ1n) is 9.75. The zero-order valence-electron chi connectivity index (χ0n) is 17.0. The number of anilines is 1. The number of carbonyl (C=O) groups excluding carboxylic acids is 3. The SMILES string of the molecule is CC(C)(C)OC(=O)N1CCC[C@@H]1C(=O)Nc1ccccc1C(=O)c1ccccc1. The summed E-state index contributed by atoms with van der Waals surface area (Å²) < 4.78 is 5.42. The third kappa shape index (κ3) is 5.02. The van der Waals surface area contributed by atoms with Crippen LogP contribution >= 0.6 is 0 Å². The van der Waals surface area contributed by atoms with Crippen LogP contribution in [-0.4, -0.2) is 40.9 Å². The van der Waals surface area contributed by atoms with Gasteiger partial charge in [-0.2, -0.15) is 0 Å². The first-order chi connectivity index (χ1) is 13.8. The van der Waals surface area contributed by atoms with Crippen molar-refractivity contribution in [3.05, 3.63) is 65.7 Å². The summed E-state index contributed by atoms with van der Waals surface area (Å²) in [5.74, 6) is -0.487. The molecule has 2 aromatic carbocycles. The maximum Gasteiger partial charge on any atom is 0.410 e. The Kier molecular flexibility index (Phi) is 6.01. The molecule has 1 N–H and O–H groups in total. The van der Waals surface area contributed by atoms with Gasteiger partial charge in [-0.3, -0.25) is 14.5 Å². The maximum atomic E-state index is 12.9. The molecular weight excluding hydrogens is 368 g/mol. The lowest BCUT2D eigenvalue weighted by Gasteiger charge is -2.28. The number of para-hydroxylation sites is 1. The minimum atomic E-state index is -0.630. The molecule has 0 spiro atoms. The highest BCUT2D eigenvalue weighted by Crippen LogP contribution is 2.24. The van der Waals surface area contributed by atoms with Crippen LogP contribution in [0.4, 0.5) is 10.5 Å². The first-order valence-corrected chi connectivity index (χ1v) is 9.75. The molecule has 1 heterocycles. The monoisotopic (exact) mass is 394 g/mol. The highest BCUT2D eigenvalue weighted by atomic mass is 16.6. The highest BCUT2D eigenvalue weighted by Gasteiger charge is 2.36. The van der Waals surface area contributed by atoms with Crippen LogP contribution in [0, 0.1) is 0 Å². The number of benzene rings is 2. The Labute approximate surface area is 170 Å². The van der Waals surface area contributed by atoms with Gasteiger partial charge in [-0.1, -0.05) is 42.5 Å². The van der Waals surface area contributed by atoms with Crippen LogP contribution in [-0.2, 0) is 9.53 Å². The molecule has 0 saturated carbocycles. The van der Waals surface area contributed by atoms with E-state index >= 15 is 0 Å². The third-order valence-corrected chi connectivity index (χ3v) is 4.65. The Hall–Kier alpha value is -3.15. The largest absolute Gasteiger partial charge is 0.444 e. The van der Waals surface area contributed by atoms with E-state index in [9.17, 15) is 14.4 Å². The van der Waals surface area contributed by atoms with Crippen molar-refractivity contribution in [1.29, 1.82) is 0 Å². The lowest BCUT2D eigenvalue weighted by Crippen LogP contribution is -2.45. The summed E-state index contributed by atoms with van der Waals surface area (Å²) in [5, 5.41) is 2.84. The average Bonchev–Trinajstić information content (AvgIpc) is 3.17. The van der Waals surface area contributed by atoms with Gasteiger partial charge in [0, 0.05) is 17.7 Å². The zero-order chi connectivity index (χ0) is 21.0. The van der Waals surface area contributed by atoms with Crippen molar-refractivity contribution in [2.45, 2.75) is 45.3 Å². The van der Waals surface area contributed by atoms with Gasteiger partial charge in [0.25, 0.3) is 0 Å². The van der Waals surface area contributed by atoms with Gasteiger partial charge in [0.2, 0.25) is 5.91 Å². The number of amides is 2. The fourth-order valence-corrected chi connectivity index (χ4v) is 3.33. The van der Waals surface area contributed by atoms with Gasteiger partial charge in [-0.05, 0) is 45.7 Å². The van der Waals surface area contributed by atoms with Crippen LogP contribution in [0.25, 0.3) is 0 Å². The van der Waals surface area contributed by atoms with Crippen molar-refractivity contribution in [2.24, 2.45) is 0 Å². The summed E-state index contributed by atoms with van der Waals surface area (Å²) in [6.07, 6.45) is 0.783. The molecule has 1 fully saturated rings. The Bertz CT molecular complexity index is 903. The van der Waals surface area contributed by atoms with Crippen molar-refractivity contribution in [3.63, 3.8) is 0 Å². The molecule has 0 aliphatic carbocycles. The van der Waals surface area contributed by atoms with Crippen molar-refractivity contribution in [1.82, 2.24) is 4.90 Å². The summed E-state index contributed by atoms with van der Waals surface area (Å²) in [7, 11) is 0. The number of nitrogens with one attached hydrogen (secondary N) is 1. The van der Waals surface area contributed by atoms with Crippen LogP contribution < -0.4 is 5.32 Å². The zero-order valence-corrected chi connectivity index (χ0v) is 17.0. The summed E-state index contributed by atoms with van der Waals surface area (Å²) in [4.78, 5) is 39.7. The minimum Gasteiger partial charge on any atom is -0.444 e. The predicted octanol–water partition coefficient (Wildman–Crippen LogP) is 4.26. The molecule has 6 heteroatoms. The number of hydrogen-bond donors (Lipinski definition) is 1. The van der Waals surface area contributed by atoms with Gasteiger partial charge >= 0.3 is 6.09 Å². The van der Waals surface area contributed by atoms with Gasteiger partial charge < -0.3 is 10.1 Å². The Morgan fingerprint density at radius 2 is 1.66 bits per heavy atom. The normalized spacial score (nSPS) is 16.4. The van der Waals surface area contributed by atoms with E-state index < -0.39 is 17.7 Å². The quantitative estimate of drug-likeness (QED) is 0.787. The lowest BCUT2D eigenvalue weighted by molar-refractivity contribution is -0.120. The van der Waals surface area contributed by atoms with E-state index in [1.165, 1.54) is 4.90 Å². The molecule has 0 radical (unpaired) electrons. The smallest absolute Gasteiger partial charge is 0.410 e. The van der Waals surface area contributed by atoms with Gasteiger partial charge in [-0.25, -0.2) is 4.79 Å². The number of nitrogens with zero attached hydrogens (tertiary/aromatic N) is 1. The molecule has 29 heavy (non-hydrogen) atoms. The number of carbonyl (C=O) groups is 3. The molecular formula is C23H26N2O4. The summed E-state index contributed by atoms with van der Waals surface area (Å²) in [6.45, 7) is 5.85. The molecule has 1 aliphatic heterocycles. The average molecular weight is 394 g/mol. The Morgan fingerprint density at radius 1 is 1.00 bits per heavy atom. The number of ketones is 1. The fraction of sp³-hybridized carbons (Fsp3) is 0.348. The van der Waals surface area contributed by atoms with E-state index in [4.69, 9.17) is 4.74 Å². The minimum absolute atomic E-state index is 0.170. The predicted molar refractivity (Wildman–Crippen MR) is 111 cm³/mol. The second-order valence-corrected chi connectivity index (χ2v) is 8.06. The van der Waals surface area contributed by atoms with Crippen LogP contribution in [0.1, 0.15) is 49.5 Å². The van der Waals surface area contributed by atoms with E-state index in [0.717, 1.165) is 6.42 Å². The van der Waals surface area contributed by atoms with Gasteiger partial charge in [0.1, 0.15) is 11.6 Å². The lowest BCUT2D eigenvalue weighted by atomic mass is 10.0. The van der Waals surface area contributed by atoms with E-state index in [1.807, 2.05) is 6.07 Å². The van der Waals surface area contributed by atoms with Gasteiger partial charge in [0.15, 0.2) is 5.78 Å². The van der Waals surface area contributed by atoms with Crippen molar-refractivity contribution in [2.75, 3.05) is 11.9 Å². The number of hydrogen-bond acceptors (Lipinski definition) is 4. The van der Waals surface area contributed by atoms with E-state index in [1.54, 1.807) is 69.3 Å². The molecule has 3 rings (SSSR count). The molecule has 1 saturated heterocycles. The Balaban J connectivity index is 1.77. The molecule has 0 unspecified atom stereocenters. The second kappa shape index (κ2) is 8.47. The van der Waals surface area contributed by atoms with E-state index in [2.05, 4.69) is 5.32 Å². The molecule has 2 aromatic rings. The topological polar surface area (TPSA) is 75.7 Å². The van der Waals surface area contributed by atoms with Crippen LogP contribution in [0.3, 0.4) is 0 Å². The Morgan fingerprint density at radius 3 is 2.34 bits per heavy atom. The summed E-state index contributed by atoms with van der Waals surface area (Å²) in [5.41, 5.74) is 0.761. The molecule has 2 amide bonds. The van der Waals surface area contributed by atoms with Crippen LogP contribution in [0.2, 0.25) is 0 Å². The van der Waals surface area contributed by atoms with Crippen LogP contribution in [0.15, 0.2) is 54.6 Å². The number of likely N-dealkylation sites (tertiary alicyclic amines) is 1. The summed E-state index contributed by atoms with van der Waals surface area (Å²) in [6, 6.07) is 15.2. The number of rotatable bonds is 4. The first kappa shape index (κ1) is 20.6. The molecule has 6 nitrogen and oxygen atoms in total. The number of ether oxygens (including phenoxy) is 1. The van der Waals surface area contributed by atoms with E-state index in [-0.39, 0.29) is 11.7 Å². The van der Waals surface area contributed by atoms with Crippen LogP contribution in [0.5, 0.6) is 0 Å². The maximum absolute atomic E-state index is 12.9.